The zero-order valence-corrected chi connectivity index (χ0v) is 21.2. The van der Waals surface area contributed by atoms with Gasteiger partial charge in [-0.25, -0.2) is 4.99 Å². The summed E-state index contributed by atoms with van der Waals surface area (Å²) in [4.78, 5) is 19.7. The lowest BCUT2D eigenvalue weighted by molar-refractivity contribution is 0.102. The Morgan fingerprint density at radius 2 is 1.71 bits per heavy atom. The number of thiophene rings is 1. The first kappa shape index (κ1) is 24.0. The number of aryl methyl sites for hydroxylation is 3. The van der Waals surface area contributed by atoms with Crippen LogP contribution in [0.1, 0.15) is 63.2 Å². The van der Waals surface area contributed by atoms with Crippen LogP contribution in [0.25, 0.3) is 0 Å². The highest BCUT2D eigenvalue weighted by atomic mass is 32.1. The molecular formula is C28H32N2O3S. The van der Waals surface area contributed by atoms with E-state index >= 15 is 0 Å². The van der Waals surface area contributed by atoms with E-state index < -0.39 is 0 Å². The third-order valence-electron chi connectivity index (χ3n) is 6.12. The number of benzene rings is 2. The van der Waals surface area contributed by atoms with Crippen molar-refractivity contribution in [1.29, 1.82) is 0 Å². The molecule has 178 valence electrons. The summed E-state index contributed by atoms with van der Waals surface area (Å²) in [6.45, 7) is 4.08. The minimum absolute atomic E-state index is 0.0900. The van der Waals surface area contributed by atoms with Crippen molar-refractivity contribution >= 4 is 34.1 Å². The molecule has 6 heteroatoms. The number of anilines is 1. The lowest BCUT2D eigenvalue weighted by Gasteiger charge is -2.12. The zero-order valence-electron chi connectivity index (χ0n) is 20.4. The average Bonchev–Trinajstić information content (AvgIpc) is 3.13. The summed E-state index contributed by atoms with van der Waals surface area (Å²) in [5.41, 5.74) is 5.75. The molecule has 0 unspecified atom stereocenters. The fraction of sp³-hybridized carbons (Fsp3) is 0.357. The average molecular weight is 477 g/mol. The van der Waals surface area contributed by atoms with Gasteiger partial charge in [0.25, 0.3) is 5.91 Å². The van der Waals surface area contributed by atoms with Crippen LogP contribution in [-0.2, 0) is 12.8 Å². The molecule has 1 aliphatic rings. The van der Waals surface area contributed by atoms with Crippen LogP contribution in [0, 0.1) is 13.8 Å². The maximum absolute atomic E-state index is 13.6. The minimum Gasteiger partial charge on any atom is -0.497 e. The van der Waals surface area contributed by atoms with Crippen molar-refractivity contribution in [3.8, 4) is 11.5 Å². The Labute approximate surface area is 205 Å². The van der Waals surface area contributed by atoms with Crippen molar-refractivity contribution in [3.05, 3.63) is 69.1 Å². The highest BCUT2D eigenvalue weighted by Gasteiger charge is 2.24. The fourth-order valence-corrected chi connectivity index (χ4v) is 5.77. The van der Waals surface area contributed by atoms with Gasteiger partial charge in [0.15, 0.2) is 0 Å². The largest absolute Gasteiger partial charge is 0.497 e. The number of rotatable bonds is 6. The highest BCUT2D eigenvalue weighted by Crippen LogP contribution is 2.39. The molecule has 1 heterocycles. The topological polar surface area (TPSA) is 59.9 Å². The van der Waals surface area contributed by atoms with E-state index in [1.807, 2.05) is 44.2 Å². The standard InChI is InChI=1S/C28H32N2O3S/c1-18-13-19(2)15-21(14-18)30-27(31)26-23-9-7-5-6-8-10-25(23)34-28(26)29-17-20-16-22(32-3)11-12-24(20)33-4/h11-17H,5-10H2,1-4H3,(H,30,31). The molecule has 1 amide bonds. The van der Waals surface area contributed by atoms with E-state index in [2.05, 4.69) is 11.4 Å². The predicted molar refractivity (Wildman–Crippen MR) is 141 cm³/mol. The van der Waals surface area contributed by atoms with E-state index in [0.717, 1.165) is 64.4 Å². The van der Waals surface area contributed by atoms with Gasteiger partial charge in [-0.15, -0.1) is 11.3 Å². The Kier molecular flexibility index (Phi) is 7.68. The molecule has 5 nitrogen and oxygen atoms in total. The van der Waals surface area contributed by atoms with E-state index in [4.69, 9.17) is 14.5 Å². The van der Waals surface area contributed by atoms with E-state index in [9.17, 15) is 4.79 Å². The first-order valence-electron chi connectivity index (χ1n) is 11.8. The molecule has 0 spiro atoms. The monoisotopic (exact) mass is 476 g/mol. The van der Waals surface area contributed by atoms with Gasteiger partial charge in [0.05, 0.1) is 19.8 Å². The lowest BCUT2D eigenvalue weighted by atomic mass is 9.96. The van der Waals surface area contributed by atoms with Gasteiger partial charge in [0.1, 0.15) is 16.5 Å². The molecule has 34 heavy (non-hydrogen) atoms. The molecule has 0 atom stereocenters. The van der Waals surface area contributed by atoms with Crippen LogP contribution >= 0.6 is 11.3 Å². The molecule has 0 bridgehead atoms. The van der Waals surface area contributed by atoms with Gasteiger partial charge in [-0.2, -0.15) is 0 Å². The molecule has 2 aromatic carbocycles. The molecule has 0 saturated heterocycles. The number of nitrogens with one attached hydrogen (secondary N) is 1. The van der Waals surface area contributed by atoms with E-state index in [1.165, 1.54) is 17.7 Å². The molecule has 0 aliphatic heterocycles. The Morgan fingerprint density at radius 1 is 0.971 bits per heavy atom. The number of methoxy groups -OCH3 is 2. The normalized spacial score (nSPS) is 13.8. The van der Waals surface area contributed by atoms with Crippen molar-refractivity contribution in [2.45, 2.75) is 52.4 Å². The summed E-state index contributed by atoms with van der Waals surface area (Å²) in [5.74, 6) is 1.35. The van der Waals surface area contributed by atoms with Crippen molar-refractivity contribution in [3.63, 3.8) is 0 Å². The molecule has 0 radical (unpaired) electrons. The van der Waals surface area contributed by atoms with Crippen LogP contribution in [0.2, 0.25) is 0 Å². The summed E-state index contributed by atoms with van der Waals surface area (Å²) in [5, 5.41) is 3.89. The summed E-state index contributed by atoms with van der Waals surface area (Å²) in [6, 6.07) is 11.7. The first-order chi connectivity index (χ1) is 16.5. The quantitative estimate of drug-likeness (QED) is 0.388. The second kappa shape index (κ2) is 10.9. The SMILES string of the molecule is COc1ccc(OC)c(C=Nc2sc3c(c2C(=O)Nc2cc(C)cc(C)c2)CCCCCC3)c1. The summed E-state index contributed by atoms with van der Waals surface area (Å²) in [7, 11) is 3.27. The second-order valence-electron chi connectivity index (χ2n) is 8.79. The third kappa shape index (κ3) is 5.50. The maximum atomic E-state index is 13.6. The van der Waals surface area contributed by atoms with Crippen LogP contribution in [0.4, 0.5) is 10.7 Å². The number of hydrogen-bond donors (Lipinski definition) is 1. The number of fused-ring (bicyclic) bond motifs is 1. The number of aliphatic imine (C=N–C) groups is 1. The van der Waals surface area contributed by atoms with Crippen molar-refractivity contribution in [2.75, 3.05) is 19.5 Å². The Bertz CT molecular complexity index is 1190. The maximum Gasteiger partial charge on any atom is 0.259 e. The summed E-state index contributed by atoms with van der Waals surface area (Å²) >= 11 is 1.64. The van der Waals surface area contributed by atoms with Crippen LogP contribution in [-0.4, -0.2) is 26.3 Å². The number of ether oxygens (including phenoxy) is 2. The van der Waals surface area contributed by atoms with Crippen LogP contribution in [0.5, 0.6) is 11.5 Å². The van der Waals surface area contributed by atoms with Crippen molar-refractivity contribution in [2.24, 2.45) is 4.99 Å². The number of hydrogen-bond acceptors (Lipinski definition) is 5. The molecular weight excluding hydrogens is 444 g/mol. The van der Waals surface area contributed by atoms with E-state index in [0.29, 0.717) is 11.3 Å². The van der Waals surface area contributed by atoms with Gasteiger partial charge in [-0.3, -0.25) is 4.79 Å². The van der Waals surface area contributed by atoms with Crippen LogP contribution < -0.4 is 14.8 Å². The Balaban J connectivity index is 1.74. The Hall–Kier alpha value is -3.12. The number of nitrogens with zero attached hydrogens (tertiary/aromatic N) is 1. The molecule has 0 saturated carbocycles. The summed E-state index contributed by atoms with van der Waals surface area (Å²) in [6.07, 6.45) is 8.38. The molecule has 1 aromatic heterocycles. The Morgan fingerprint density at radius 3 is 2.41 bits per heavy atom. The third-order valence-corrected chi connectivity index (χ3v) is 7.32. The molecule has 1 aliphatic carbocycles. The highest BCUT2D eigenvalue weighted by molar-refractivity contribution is 7.16. The zero-order chi connectivity index (χ0) is 24.1. The molecule has 1 N–H and O–H groups in total. The first-order valence-corrected chi connectivity index (χ1v) is 12.6. The molecule has 3 aromatic rings. The fourth-order valence-electron chi connectivity index (χ4n) is 4.54. The van der Waals surface area contributed by atoms with Crippen molar-refractivity contribution in [1.82, 2.24) is 0 Å². The number of carbonyl (C=O) groups is 1. The van der Waals surface area contributed by atoms with E-state index in [-0.39, 0.29) is 5.91 Å². The predicted octanol–water partition coefficient (Wildman–Crippen LogP) is 7.04. The van der Waals surface area contributed by atoms with Crippen LogP contribution in [0.15, 0.2) is 41.4 Å². The van der Waals surface area contributed by atoms with Crippen LogP contribution in [0.3, 0.4) is 0 Å². The van der Waals surface area contributed by atoms with Gasteiger partial charge in [0.2, 0.25) is 0 Å². The van der Waals surface area contributed by atoms with Gasteiger partial charge in [-0.1, -0.05) is 18.9 Å². The number of amides is 1. The van der Waals surface area contributed by atoms with Gasteiger partial charge < -0.3 is 14.8 Å². The van der Waals surface area contributed by atoms with Gasteiger partial charge in [-0.05, 0) is 86.6 Å². The van der Waals surface area contributed by atoms with Gasteiger partial charge >= 0.3 is 0 Å². The van der Waals surface area contributed by atoms with Crippen molar-refractivity contribution < 1.29 is 14.3 Å². The van der Waals surface area contributed by atoms with Gasteiger partial charge in [0, 0.05) is 22.3 Å². The van der Waals surface area contributed by atoms with E-state index in [1.54, 1.807) is 31.8 Å². The smallest absolute Gasteiger partial charge is 0.259 e. The second-order valence-corrected chi connectivity index (χ2v) is 9.88. The molecule has 0 fully saturated rings. The minimum atomic E-state index is -0.0900. The number of carbonyl (C=O) groups excluding carboxylic acids is 1. The summed E-state index contributed by atoms with van der Waals surface area (Å²) < 4.78 is 10.9. The molecule has 4 rings (SSSR count). The lowest BCUT2D eigenvalue weighted by Crippen LogP contribution is -2.14.